The fourth-order valence-corrected chi connectivity index (χ4v) is 1.36. The molecule has 0 spiro atoms. The zero-order valence-electron chi connectivity index (χ0n) is 7.64. The molecular weight excluding hydrogens is 255 g/mol. The number of hydrogen-bond donors (Lipinski definition) is 2. The van der Waals surface area contributed by atoms with Crippen molar-refractivity contribution in [2.45, 2.75) is 0 Å². The van der Waals surface area contributed by atoms with E-state index in [0.717, 1.165) is 6.07 Å². The summed E-state index contributed by atoms with van der Waals surface area (Å²) < 4.78 is 22.5. The molecule has 0 fully saturated rings. The van der Waals surface area contributed by atoms with Gasteiger partial charge in [-0.05, 0) is 12.1 Å². The second-order valence-corrected chi connectivity index (χ2v) is 3.44. The van der Waals surface area contributed by atoms with E-state index in [-0.39, 0.29) is 46.0 Å². The van der Waals surface area contributed by atoms with Gasteiger partial charge in [-0.1, -0.05) is 11.6 Å². The Morgan fingerprint density at radius 1 is 1.40 bits per heavy atom. The quantitative estimate of drug-likeness (QED) is 0.364. The number of nitrogens with zero attached hydrogens (tertiary/aromatic N) is 1. The molecule has 0 heterocycles. The van der Waals surface area contributed by atoms with Gasteiger partial charge in [0.1, 0.15) is 5.02 Å². The molecule has 0 aliphatic heterocycles. The summed E-state index contributed by atoms with van der Waals surface area (Å²) in [5.41, 5.74) is -0.231. The number of nitro benzene ring substituents is 1. The number of nitro groups is 1. The minimum atomic E-state index is -2.83. The maximum atomic E-state index is 10.4. The summed E-state index contributed by atoms with van der Waals surface area (Å²) >= 11 is 5.51. The van der Waals surface area contributed by atoms with E-state index in [1.807, 2.05) is 4.72 Å². The molecule has 1 aromatic carbocycles. The molecule has 0 aliphatic carbocycles. The average Bonchev–Trinajstić information content (AvgIpc) is 2.07. The van der Waals surface area contributed by atoms with Crippen LogP contribution in [0.2, 0.25) is 5.02 Å². The summed E-state index contributed by atoms with van der Waals surface area (Å²) in [4.78, 5) is 9.71. The second kappa shape index (κ2) is 6.29. The molecule has 0 bridgehead atoms. The van der Waals surface area contributed by atoms with E-state index in [2.05, 4.69) is 0 Å². The number of halogens is 1. The average molecular weight is 260 g/mol. The van der Waals surface area contributed by atoms with Crippen LogP contribution in [0.3, 0.4) is 0 Å². The van der Waals surface area contributed by atoms with Crippen LogP contribution in [0.4, 0.5) is 11.4 Å². The summed E-state index contributed by atoms with van der Waals surface area (Å²) in [6, 6.07) is 3.63. The monoisotopic (exact) mass is 259 g/mol. The van der Waals surface area contributed by atoms with Crippen LogP contribution in [0, 0.1) is 10.1 Å². The largest absolute Gasteiger partial charge is 0.289 e. The Kier molecular flexibility index (Phi) is 6.15. The van der Waals surface area contributed by atoms with Crippen molar-refractivity contribution in [1.29, 1.82) is 0 Å². The Bertz CT molecular complexity index is 443. The maximum absolute atomic E-state index is 10.4. The molecule has 1 aromatic rings. The summed E-state index contributed by atoms with van der Waals surface area (Å²) in [5.74, 6) is 0. The summed E-state index contributed by atoms with van der Waals surface area (Å²) in [7, 11) is -2.83. The molecule has 77 valence electrons. The van der Waals surface area contributed by atoms with Crippen LogP contribution in [0.1, 0.15) is 0 Å². The van der Waals surface area contributed by atoms with E-state index in [0.29, 0.717) is 0 Å². The van der Waals surface area contributed by atoms with Crippen LogP contribution in [0.5, 0.6) is 0 Å². The standard InChI is InChI=1S/C6H5ClN2O4S.Na/c7-5-2-1-4(8-14(12)13)3-6(5)9(10)11;/h1-3,14H,(H,8,12,13);. The molecule has 1 N–H and O–H groups in total. The van der Waals surface area contributed by atoms with E-state index < -0.39 is 15.8 Å². The first-order valence-electron chi connectivity index (χ1n) is 3.35. The molecule has 6 nitrogen and oxygen atoms in total. The van der Waals surface area contributed by atoms with Gasteiger partial charge in [0.15, 0.2) is 0 Å². The van der Waals surface area contributed by atoms with Gasteiger partial charge in [0.2, 0.25) is 10.9 Å². The SMILES string of the molecule is O=[N+]([O-])c1cc(N[SH](=O)=O)ccc1Cl.[Na]. The normalized spacial score (nSPS) is 9.47. The van der Waals surface area contributed by atoms with Gasteiger partial charge < -0.3 is 0 Å². The van der Waals surface area contributed by atoms with Crippen LogP contribution >= 0.6 is 11.6 Å². The van der Waals surface area contributed by atoms with E-state index in [1.165, 1.54) is 12.1 Å². The minimum Gasteiger partial charge on any atom is -0.285 e. The van der Waals surface area contributed by atoms with Gasteiger partial charge >= 0.3 is 0 Å². The molecule has 15 heavy (non-hydrogen) atoms. The third-order valence-corrected chi connectivity index (χ3v) is 2.12. The first-order chi connectivity index (χ1) is 6.50. The smallest absolute Gasteiger partial charge is 0.285 e. The number of nitrogens with one attached hydrogen (secondary N) is 1. The number of rotatable bonds is 3. The van der Waals surface area contributed by atoms with Crippen LogP contribution in [0.25, 0.3) is 0 Å². The second-order valence-electron chi connectivity index (χ2n) is 2.29. The first kappa shape index (κ1) is 14.7. The summed E-state index contributed by atoms with van der Waals surface area (Å²) in [5, 5.41) is 10.4. The van der Waals surface area contributed by atoms with Crippen molar-refractivity contribution in [2.75, 3.05) is 4.72 Å². The molecule has 9 heteroatoms. The summed E-state index contributed by atoms with van der Waals surface area (Å²) in [6.45, 7) is 0. The van der Waals surface area contributed by atoms with Crippen molar-refractivity contribution in [3.63, 3.8) is 0 Å². The van der Waals surface area contributed by atoms with Gasteiger partial charge in [0.05, 0.1) is 10.6 Å². The molecule has 0 atom stereocenters. The van der Waals surface area contributed by atoms with Crippen molar-refractivity contribution < 1.29 is 13.3 Å². The molecule has 0 aromatic heterocycles. The Balaban J connectivity index is 0.00000196. The van der Waals surface area contributed by atoms with Crippen molar-refractivity contribution in [3.8, 4) is 0 Å². The fraction of sp³-hybridized carbons (Fsp3) is 0. The summed E-state index contributed by atoms with van der Waals surface area (Å²) in [6.07, 6.45) is 0. The van der Waals surface area contributed by atoms with Crippen LogP contribution in [-0.2, 0) is 10.9 Å². The van der Waals surface area contributed by atoms with Gasteiger partial charge in [-0.25, -0.2) is 8.42 Å². The third-order valence-electron chi connectivity index (χ3n) is 1.36. The zero-order valence-corrected chi connectivity index (χ0v) is 11.3. The molecule has 1 rings (SSSR count). The van der Waals surface area contributed by atoms with Crippen molar-refractivity contribution in [1.82, 2.24) is 0 Å². The molecule has 0 saturated heterocycles. The van der Waals surface area contributed by atoms with Crippen molar-refractivity contribution >= 4 is 63.4 Å². The van der Waals surface area contributed by atoms with Crippen LogP contribution < -0.4 is 4.72 Å². The number of benzene rings is 1. The predicted molar refractivity (Wildman–Crippen MR) is 57.8 cm³/mol. The predicted octanol–water partition coefficient (Wildman–Crippen LogP) is 0.806. The molecular formula is C6H5ClN2NaO4S. The zero-order chi connectivity index (χ0) is 10.7. The molecule has 0 saturated carbocycles. The topological polar surface area (TPSA) is 89.3 Å². The number of hydrogen-bond acceptors (Lipinski definition) is 4. The Morgan fingerprint density at radius 2 is 2.00 bits per heavy atom. The van der Waals surface area contributed by atoms with Crippen LogP contribution in [-0.4, -0.2) is 42.9 Å². The Labute approximate surface area is 114 Å². The van der Waals surface area contributed by atoms with Gasteiger partial charge in [0, 0.05) is 35.6 Å². The Morgan fingerprint density at radius 3 is 2.47 bits per heavy atom. The third kappa shape index (κ3) is 4.35. The van der Waals surface area contributed by atoms with E-state index in [9.17, 15) is 18.5 Å². The van der Waals surface area contributed by atoms with Crippen LogP contribution in [0.15, 0.2) is 18.2 Å². The molecule has 0 amide bonds. The van der Waals surface area contributed by atoms with Gasteiger partial charge in [-0.3, -0.25) is 14.8 Å². The Hall–Kier alpha value is -0.340. The first-order valence-corrected chi connectivity index (χ1v) is 4.91. The van der Waals surface area contributed by atoms with Gasteiger partial charge in [0.25, 0.3) is 5.69 Å². The van der Waals surface area contributed by atoms with E-state index in [1.54, 1.807) is 0 Å². The molecule has 0 aliphatic rings. The maximum Gasteiger partial charge on any atom is 0.289 e. The fourth-order valence-electron chi connectivity index (χ4n) is 0.828. The van der Waals surface area contributed by atoms with Crippen molar-refractivity contribution in [3.05, 3.63) is 33.3 Å². The number of thiol groups is 1. The molecule has 0 unspecified atom stereocenters. The number of anilines is 1. The van der Waals surface area contributed by atoms with E-state index in [4.69, 9.17) is 11.6 Å². The van der Waals surface area contributed by atoms with Gasteiger partial charge in [-0.2, -0.15) is 0 Å². The minimum absolute atomic E-state index is 0. The van der Waals surface area contributed by atoms with Crippen molar-refractivity contribution in [2.24, 2.45) is 0 Å². The van der Waals surface area contributed by atoms with Gasteiger partial charge in [-0.15, -0.1) is 0 Å². The van der Waals surface area contributed by atoms with E-state index >= 15 is 0 Å². The molecule has 1 radical (unpaired) electrons.